The smallest absolute Gasteiger partial charge is 0.278 e. The van der Waals surface area contributed by atoms with Crippen molar-refractivity contribution in [3.05, 3.63) is 57.0 Å². The molecule has 0 atom stereocenters. The second-order valence-corrected chi connectivity index (χ2v) is 7.46. The van der Waals surface area contributed by atoms with Crippen molar-refractivity contribution in [2.75, 3.05) is 27.4 Å². The molecule has 0 bridgehead atoms. The Balaban J connectivity index is 1.99. The number of rotatable bonds is 4. The Bertz CT molecular complexity index is 1410. The number of non-ortho nitro benzene ring substituents is 1. The van der Waals surface area contributed by atoms with Crippen LogP contribution >= 0.6 is 0 Å². The van der Waals surface area contributed by atoms with Crippen LogP contribution in [0.2, 0.25) is 0 Å². The van der Waals surface area contributed by atoms with Crippen LogP contribution in [0.5, 0.6) is 11.5 Å². The van der Waals surface area contributed by atoms with E-state index in [0.29, 0.717) is 57.2 Å². The van der Waals surface area contributed by atoms with Gasteiger partial charge in [0.05, 0.1) is 26.7 Å². The minimum Gasteiger partial charge on any atom is -0.454 e. The zero-order valence-electron chi connectivity index (χ0n) is 16.4. The van der Waals surface area contributed by atoms with E-state index in [9.17, 15) is 14.9 Å². The summed E-state index contributed by atoms with van der Waals surface area (Å²) in [6.07, 6.45) is 1.60. The highest BCUT2D eigenvalue weighted by molar-refractivity contribution is 6.17. The van der Waals surface area contributed by atoms with Crippen LogP contribution in [-0.2, 0) is 6.54 Å². The number of aromatic nitrogens is 2. The molecule has 0 unspecified atom stereocenters. The lowest BCUT2D eigenvalue weighted by Crippen LogP contribution is -2.27. The van der Waals surface area contributed by atoms with Crippen molar-refractivity contribution in [3.63, 3.8) is 0 Å². The molecule has 1 aliphatic heterocycles. The summed E-state index contributed by atoms with van der Waals surface area (Å²) in [5, 5.41) is 13.6. The van der Waals surface area contributed by atoms with E-state index in [0.717, 1.165) is 0 Å². The summed E-state index contributed by atoms with van der Waals surface area (Å²) in [5.41, 5.74) is 0.846. The predicted octanol–water partition coefficient (Wildman–Crippen LogP) is 2.90. The quantitative estimate of drug-likeness (QED) is 0.292. The average molecular weight is 406 g/mol. The molecule has 1 aliphatic rings. The van der Waals surface area contributed by atoms with Gasteiger partial charge in [0, 0.05) is 42.2 Å². The molecule has 0 fully saturated rings. The predicted molar refractivity (Wildman–Crippen MR) is 112 cm³/mol. The maximum absolute atomic E-state index is 13.5. The van der Waals surface area contributed by atoms with Crippen molar-refractivity contribution in [2.45, 2.75) is 6.54 Å². The first-order valence-corrected chi connectivity index (χ1v) is 9.42. The van der Waals surface area contributed by atoms with E-state index in [1.807, 2.05) is 19.0 Å². The molecule has 0 amide bonds. The van der Waals surface area contributed by atoms with Crippen LogP contribution in [-0.4, -0.2) is 46.8 Å². The van der Waals surface area contributed by atoms with Crippen LogP contribution in [0, 0.1) is 10.1 Å². The number of nitro benzene ring substituents is 1. The van der Waals surface area contributed by atoms with Crippen molar-refractivity contribution < 1.29 is 14.4 Å². The first-order chi connectivity index (χ1) is 14.5. The molecular formula is C21H18N4O5. The molecule has 9 nitrogen and oxygen atoms in total. The molecule has 0 saturated carbocycles. The Hall–Kier alpha value is -3.72. The number of hydrogen-bond donors (Lipinski definition) is 0. The van der Waals surface area contributed by atoms with Gasteiger partial charge in [-0.05, 0) is 26.2 Å². The molecule has 30 heavy (non-hydrogen) atoms. The highest BCUT2D eigenvalue weighted by Gasteiger charge is 2.23. The van der Waals surface area contributed by atoms with E-state index in [-0.39, 0.29) is 18.0 Å². The molecule has 2 aromatic carbocycles. The van der Waals surface area contributed by atoms with Crippen LogP contribution in [0.25, 0.3) is 32.6 Å². The second kappa shape index (κ2) is 6.67. The van der Waals surface area contributed by atoms with Crippen molar-refractivity contribution in [1.82, 2.24) is 14.5 Å². The molecule has 2 aromatic heterocycles. The highest BCUT2D eigenvalue weighted by Crippen LogP contribution is 2.39. The molecule has 9 heteroatoms. The lowest BCUT2D eigenvalue weighted by atomic mass is 10.0. The van der Waals surface area contributed by atoms with Gasteiger partial charge in [-0.15, -0.1) is 0 Å². The van der Waals surface area contributed by atoms with Gasteiger partial charge in [0.2, 0.25) is 6.79 Å². The largest absolute Gasteiger partial charge is 0.454 e. The maximum atomic E-state index is 13.5. The summed E-state index contributed by atoms with van der Waals surface area (Å²) < 4.78 is 12.6. The van der Waals surface area contributed by atoms with E-state index in [1.54, 1.807) is 29.0 Å². The van der Waals surface area contributed by atoms with Crippen molar-refractivity contribution in [1.29, 1.82) is 0 Å². The van der Waals surface area contributed by atoms with Crippen LogP contribution in [0.3, 0.4) is 0 Å². The molecule has 0 radical (unpaired) electrons. The van der Waals surface area contributed by atoms with E-state index < -0.39 is 4.92 Å². The highest BCUT2D eigenvalue weighted by atomic mass is 16.7. The summed E-state index contributed by atoms with van der Waals surface area (Å²) in [6, 6.07) is 8.13. The number of ether oxygens (including phenoxy) is 2. The summed E-state index contributed by atoms with van der Waals surface area (Å²) in [6.45, 7) is 1.17. The summed E-state index contributed by atoms with van der Waals surface area (Å²) in [4.78, 5) is 31.2. The number of likely N-dealkylation sites (N-methyl/N-ethyl adjacent to an activating group) is 1. The van der Waals surface area contributed by atoms with Gasteiger partial charge in [0.15, 0.2) is 11.5 Å². The molecule has 152 valence electrons. The van der Waals surface area contributed by atoms with Crippen molar-refractivity contribution >= 4 is 38.3 Å². The maximum Gasteiger partial charge on any atom is 0.278 e. The van der Waals surface area contributed by atoms with Crippen LogP contribution in [0.1, 0.15) is 0 Å². The number of nitro groups is 1. The Labute approximate surface area is 170 Å². The Morgan fingerprint density at radius 3 is 2.67 bits per heavy atom. The normalized spacial score (nSPS) is 13.0. The Morgan fingerprint density at radius 2 is 1.93 bits per heavy atom. The number of nitrogens with zero attached hydrogens (tertiary/aromatic N) is 4. The molecule has 0 saturated heterocycles. The minimum atomic E-state index is -0.463. The van der Waals surface area contributed by atoms with E-state index >= 15 is 0 Å². The van der Waals surface area contributed by atoms with Gasteiger partial charge in [0.25, 0.3) is 11.2 Å². The topological polar surface area (TPSA) is 99.7 Å². The zero-order valence-corrected chi connectivity index (χ0v) is 16.4. The van der Waals surface area contributed by atoms with Gasteiger partial charge in [-0.25, -0.2) is 0 Å². The Kier molecular flexibility index (Phi) is 4.07. The molecule has 5 rings (SSSR count). The van der Waals surface area contributed by atoms with Gasteiger partial charge in [-0.2, -0.15) is 0 Å². The third kappa shape index (κ3) is 2.66. The van der Waals surface area contributed by atoms with E-state index in [1.165, 1.54) is 12.1 Å². The molecule has 4 aromatic rings. The summed E-state index contributed by atoms with van der Waals surface area (Å²) in [7, 11) is 3.85. The molecule has 0 spiro atoms. The van der Waals surface area contributed by atoms with Crippen LogP contribution < -0.4 is 15.0 Å². The first-order valence-electron chi connectivity index (χ1n) is 9.42. The summed E-state index contributed by atoms with van der Waals surface area (Å²) in [5.74, 6) is 1.15. The SMILES string of the molecule is CN(C)CCn1c(=O)c2cccc([N+](=O)[O-])c2c2cnc3cc4c(cc3c21)OCO4. The number of benzene rings is 2. The molecular weight excluding hydrogens is 388 g/mol. The van der Waals surface area contributed by atoms with Gasteiger partial charge in [-0.1, -0.05) is 6.07 Å². The Morgan fingerprint density at radius 1 is 1.17 bits per heavy atom. The van der Waals surface area contributed by atoms with Crippen molar-refractivity contribution in [3.8, 4) is 11.5 Å². The summed E-state index contributed by atoms with van der Waals surface area (Å²) >= 11 is 0. The molecule has 0 aliphatic carbocycles. The van der Waals surface area contributed by atoms with Gasteiger partial charge in [0.1, 0.15) is 0 Å². The lowest BCUT2D eigenvalue weighted by Gasteiger charge is -2.17. The standard InChI is InChI=1S/C21H18N4O5/c1-23(2)6-7-24-20-13-8-17-18(30-11-29-17)9-15(13)22-10-14(20)19-12(21(24)26)4-3-5-16(19)25(27)28/h3-5,8-10H,6-7,11H2,1-2H3. The van der Waals surface area contributed by atoms with Crippen LogP contribution in [0.4, 0.5) is 5.69 Å². The third-order valence-corrected chi connectivity index (χ3v) is 5.36. The fourth-order valence-corrected chi connectivity index (χ4v) is 3.96. The van der Waals surface area contributed by atoms with Gasteiger partial charge in [-0.3, -0.25) is 19.9 Å². The van der Waals surface area contributed by atoms with Crippen LogP contribution in [0.15, 0.2) is 41.3 Å². The van der Waals surface area contributed by atoms with Gasteiger partial charge < -0.3 is 18.9 Å². The zero-order chi connectivity index (χ0) is 21.0. The second-order valence-electron chi connectivity index (χ2n) is 7.46. The number of pyridine rings is 2. The van der Waals surface area contributed by atoms with Gasteiger partial charge >= 0.3 is 0 Å². The van der Waals surface area contributed by atoms with E-state index in [4.69, 9.17) is 9.47 Å². The lowest BCUT2D eigenvalue weighted by molar-refractivity contribution is -0.383. The van der Waals surface area contributed by atoms with Crippen molar-refractivity contribution in [2.24, 2.45) is 0 Å². The fraction of sp³-hybridized carbons (Fsp3) is 0.238. The fourth-order valence-electron chi connectivity index (χ4n) is 3.96. The average Bonchev–Trinajstić information content (AvgIpc) is 3.18. The number of fused-ring (bicyclic) bond motifs is 6. The molecule has 0 N–H and O–H groups in total. The third-order valence-electron chi connectivity index (χ3n) is 5.36. The van der Waals surface area contributed by atoms with E-state index in [2.05, 4.69) is 4.98 Å². The number of hydrogen-bond acceptors (Lipinski definition) is 7. The molecule has 3 heterocycles. The first kappa shape index (κ1) is 18.3. The monoisotopic (exact) mass is 406 g/mol. The minimum absolute atomic E-state index is 0.115.